The molecule has 0 amide bonds. The van der Waals surface area contributed by atoms with Crippen molar-refractivity contribution in [2.45, 2.75) is 63.3 Å². The number of sulfonamides is 1. The average molecular weight is 463 g/mol. The molecule has 32 heavy (non-hydrogen) atoms. The summed E-state index contributed by atoms with van der Waals surface area (Å²) in [4.78, 5) is 0. The van der Waals surface area contributed by atoms with Crippen LogP contribution in [0.3, 0.4) is 0 Å². The number of ether oxygens (including phenoxy) is 1. The normalized spacial score (nSPS) is 20.7. The highest BCUT2D eigenvalue weighted by Crippen LogP contribution is 2.41. The zero-order chi connectivity index (χ0) is 23.7. The summed E-state index contributed by atoms with van der Waals surface area (Å²) in [6, 6.07) is 12.7. The fourth-order valence-corrected chi connectivity index (χ4v) is 5.67. The zero-order valence-corrected chi connectivity index (χ0v) is 19.9. The molecule has 2 aromatic rings. The van der Waals surface area contributed by atoms with Crippen LogP contribution in [0.15, 0.2) is 52.9 Å². The Labute approximate surface area is 189 Å². The fourth-order valence-electron chi connectivity index (χ4n) is 3.98. The van der Waals surface area contributed by atoms with Gasteiger partial charge in [0.15, 0.2) is 0 Å². The number of benzene rings is 2. The Bertz CT molecular complexity index is 1090. The third-order valence-corrected chi connectivity index (χ3v) is 7.43. The van der Waals surface area contributed by atoms with Crippen molar-refractivity contribution in [3.63, 3.8) is 0 Å². The van der Waals surface area contributed by atoms with Gasteiger partial charge in [-0.15, -0.1) is 4.40 Å². The molecule has 0 aliphatic carbocycles. The molecule has 174 valence electrons. The van der Waals surface area contributed by atoms with E-state index in [1.54, 1.807) is 44.2 Å². The number of nitrogens with one attached hydrogen (secondary N) is 1. The van der Waals surface area contributed by atoms with Crippen molar-refractivity contribution < 1.29 is 22.7 Å². The van der Waals surface area contributed by atoms with Gasteiger partial charge < -0.3 is 15.2 Å². The number of aliphatic hydroxyl groups is 1. The van der Waals surface area contributed by atoms with Crippen molar-refractivity contribution in [2.24, 2.45) is 4.40 Å². The number of hydrogen-bond acceptors (Lipinski definition) is 5. The van der Waals surface area contributed by atoms with Crippen molar-refractivity contribution in [1.82, 2.24) is 5.32 Å². The maximum atomic E-state index is 14.3. The van der Waals surface area contributed by atoms with Crippen molar-refractivity contribution >= 4 is 16.0 Å². The molecule has 8 heteroatoms. The van der Waals surface area contributed by atoms with Crippen LogP contribution in [0.1, 0.15) is 69.0 Å². The molecule has 1 heterocycles. The molecule has 0 spiro atoms. The van der Waals surface area contributed by atoms with Crippen LogP contribution in [0.25, 0.3) is 0 Å². The second kappa shape index (κ2) is 8.83. The second-order valence-corrected chi connectivity index (χ2v) is 11.3. The smallest absolute Gasteiger partial charge is 0.301 e. The number of hydrogen-bond donors (Lipinski definition) is 2. The molecule has 2 N–H and O–H groups in total. The minimum atomic E-state index is -3.99. The Morgan fingerprint density at radius 1 is 1.16 bits per heavy atom. The van der Waals surface area contributed by atoms with Gasteiger partial charge in [0, 0.05) is 12.2 Å². The lowest BCUT2D eigenvalue weighted by molar-refractivity contribution is 0.0759. The van der Waals surface area contributed by atoms with Gasteiger partial charge in [0.05, 0.1) is 6.04 Å². The predicted molar refractivity (Wildman–Crippen MR) is 123 cm³/mol. The molecule has 3 rings (SSSR count). The number of aliphatic hydroxyl groups excluding tert-OH is 1. The second-order valence-electron chi connectivity index (χ2n) is 9.60. The number of halogens is 1. The lowest BCUT2D eigenvalue weighted by atomic mass is 9.86. The van der Waals surface area contributed by atoms with Crippen LogP contribution < -0.4 is 5.32 Å². The molecule has 2 aromatic carbocycles. The van der Waals surface area contributed by atoms with Gasteiger partial charge >= 0.3 is 6.02 Å². The van der Waals surface area contributed by atoms with Crippen LogP contribution in [-0.2, 0) is 20.2 Å². The number of rotatable bonds is 5. The minimum Gasteiger partial charge on any atom is -0.457 e. The summed E-state index contributed by atoms with van der Waals surface area (Å²) >= 11 is 0. The summed E-state index contributed by atoms with van der Waals surface area (Å²) < 4.78 is 50.5. The van der Waals surface area contributed by atoms with Crippen LogP contribution in [-0.4, -0.2) is 31.8 Å². The fraction of sp³-hybridized carbons (Fsp3) is 0.458. The highest BCUT2D eigenvalue weighted by molar-refractivity contribution is 7.90. The first kappa shape index (κ1) is 24.2. The molecule has 1 aliphatic rings. The lowest BCUT2D eigenvalue weighted by Crippen LogP contribution is -2.47. The van der Waals surface area contributed by atoms with Gasteiger partial charge in [-0.2, -0.15) is 0 Å². The van der Waals surface area contributed by atoms with Gasteiger partial charge in [-0.1, -0.05) is 63.2 Å². The van der Waals surface area contributed by atoms with E-state index in [9.17, 15) is 17.9 Å². The van der Waals surface area contributed by atoms with Gasteiger partial charge in [-0.05, 0) is 42.9 Å². The molecule has 0 aromatic heterocycles. The topological polar surface area (TPSA) is 88.0 Å². The van der Waals surface area contributed by atoms with E-state index in [0.29, 0.717) is 11.1 Å². The number of nitrogens with zero attached hydrogens (tertiary/aromatic N) is 1. The Morgan fingerprint density at radius 3 is 2.31 bits per heavy atom. The standard InChI is InChI=1S/C24H31FN2O4S/c1-23(2,3)17-12-10-16(11-13-17)21-24(4,5)31-22(27-32(21,29)30)26-20(14-15-28)18-8-6-7-9-19(18)25/h6-13,20-21,28H,14-15H2,1-5H3,(H,26,27)/t20-,21?/m0/s1. The summed E-state index contributed by atoms with van der Waals surface area (Å²) in [6.45, 7) is 9.42. The van der Waals surface area contributed by atoms with E-state index >= 15 is 0 Å². The molecule has 0 saturated heterocycles. The van der Waals surface area contributed by atoms with Crippen molar-refractivity contribution in [2.75, 3.05) is 6.61 Å². The summed E-state index contributed by atoms with van der Waals surface area (Å²) in [7, 11) is -3.99. The zero-order valence-electron chi connectivity index (χ0n) is 19.1. The molecule has 6 nitrogen and oxygen atoms in total. The molecule has 0 fully saturated rings. The van der Waals surface area contributed by atoms with E-state index < -0.39 is 32.7 Å². The Kier molecular flexibility index (Phi) is 6.67. The van der Waals surface area contributed by atoms with Crippen molar-refractivity contribution in [3.8, 4) is 0 Å². The maximum absolute atomic E-state index is 14.3. The molecule has 0 bridgehead atoms. The summed E-state index contributed by atoms with van der Waals surface area (Å²) in [5.41, 5.74) is 0.788. The molecule has 0 saturated carbocycles. The Balaban J connectivity index is 1.94. The average Bonchev–Trinajstić information content (AvgIpc) is 2.66. The highest BCUT2D eigenvalue weighted by atomic mass is 32.2. The molecular formula is C24H31FN2O4S. The van der Waals surface area contributed by atoms with Gasteiger partial charge in [-0.3, -0.25) is 0 Å². The van der Waals surface area contributed by atoms with Gasteiger partial charge in [0.25, 0.3) is 10.0 Å². The third kappa shape index (κ3) is 5.13. The third-order valence-electron chi connectivity index (χ3n) is 5.57. The monoisotopic (exact) mass is 462 g/mol. The van der Waals surface area contributed by atoms with Crippen molar-refractivity contribution in [1.29, 1.82) is 0 Å². The lowest BCUT2D eigenvalue weighted by Gasteiger charge is -2.38. The van der Waals surface area contributed by atoms with Crippen LogP contribution in [0.5, 0.6) is 0 Å². The first-order valence-electron chi connectivity index (χ1n) is 10.6. The maximum Gasteiger partial charge on any atom is 0.301 e. The van der Waals surface area contributed by atoms with Gasteiger partial charge in [-0.25, -0.2) is 12.8 Å². The molecular weight excluding hydrogens is 431 g/mol. The summed E-state index contributed by atoms with van der Waals surface area (Å²) in [5.74, 6) is -0.464. The predicted octanol–water partition coefficient (Wildman–Crippen LogP) is 4.37. The number of amidine groups is 1. The van der Waals surface area contributed by atoms with E-state index in [2.05, 4.69) is 30.5 Å². The van der Waals surface area contributed by atoms with Crippen molar-refractivity contribution in [3.05, 3.63) is 71.0 Å². The minimum absolute atomic E-state index is 0.0559. The highest BCUT2D eigenvalue weighted by Gasteiger charge is 2.47. The summed E-state index contributed by atoms with van der Waals surface area (Å²) in [6.07, 6.45) is 0.154. The Hall–Kier alpha value is -2.45. The molecule has 1 unspecified atom stereocenters. The van der Waals surface area contributed by atoms with E-state index in [4.69, 9.17) is 4.74 Å². The van der Waals surface area contributed by atoms with Gasteiger partial charge in [0.1, 0.15) is 16.7 Å². The van der Waals surface area contributed by atoms with E-state index in [-0.39, 0.29) is 24.5 Å². The first-order chi connectivity index (χ1) is 14.8. The molecule has 0 radical (unpaired) electrons. The van der Waals surface area contributed by atoms with Crippen LogP contribution >= 0.6 is 0 Å². The first-order valence-corrected chi connectivity index (χ1v) is 12.1. The SMILES string of the molecule is CC(C)(C)c1ccc(C2C(C)(C)OC(N[C@@H](CCO)c3ccccc3F)=NS2(=O)=O)cc1. The van der Waals surface area contributed by atoms with Gasteiger partial charge in [0.2, 0.25) is 0 Å². The van der Waals surface area contributed by atoms with E-state index in [0.717, 1.165) is 5.56 Å². The largest absolute Gasteiger partial charge is 0.457 e. The van der Waals surface area contributed by atoms with E-state index in [1.165, 1.54) is 6.07 Å². The van der Waals surface area contributed by atoms with Crippen LogP contribution in [0, 0.1) is 5.82 Å². The van der Waals surface area contributed by atoms with Crippen LogP contribution in [0.2, 0.25) is 0 Å². The quantitative estimate of drug-likeness (QED) is 0.689. The summed E-state index contributed by atoms with van der Waals surface area (Å²) in [5, 5.41) is 11.3. The van der Waals surface area contributed by atoms with Crippen LogP contribution in [0.4, 0.5) is 4.39 Å². The molecule has 2 atom stereocenters. The van der Waals surface area contributed by atoms with E-state index in [1.807, 2.05) is 12.1 Å². The molecule has 1 aliphatic heterocycles. The Morgan fingerprint density at radius 2 is 1.78 bits per heavy atom.